The van der Waals surface area contributed by atoms with Crippen LogP contribution in [0, 0.1) is 6.92 Å². The Morgan fingerprint density at radius 2 is 2.22 bits per heavy atom. The summed E-state index contributed by atoms with van der Waals surface area (Å²) in [5.74, 6) is 6.50. The largest absolute Gasteiger partial charge is 0.496 e. The van der Waals surface area contributed by atoms with Gasteiger partial charge in [-0.3, -0.25) is 11.3 Å². The van der Waals surface area contributed by atoms with Gasteiger partial charge in [0, 0.05) is 5.56 Å². The second-order valence-electron chi connectivity index (χ2n) is 4.30. The average molecular weight is 246 g/mol. The van der Waals surface area contributed by atoms with Gasteiger partial charge in [-0.05, 0) is 36.6 Å². The first-order valence-electron chi connectivity index (χ1n) is 5.86. The fourth-order valence-electron chi connectivity index (χ4n) is 2.01. The molecule has 0 bridgehead atoms. The van der Waals surface area contributed by atoms with Gasteiger partial charge in [0.1, 0.15) is 5.75 Å². The highest BCUT2D eigenvalue weighted by molar-refractivity contribution is 5.39. The van der Waals surface area contributed by atoms with Crippen LogP contribution >= 0.6 is 0 Å². The van der Waals surface area contributed by atoms with E-state index in [0.29, 0.717) is 0 Å². The number of nitrogens with one attached hydrogen (secondary N) is 1. The standard InChI is InChI=1S/C14H18N2O2/c1-10-3-4-12(14(7-10)17-2)13(16-15)8-11-5-6-18-9-11/h3-7,9,13,16H,8,15H2,1-2H3. The molecule has 1 aromatic heterocycles. The Morgan fingerprint density at radius 1 is 1.39 bits per heavy atom. The maximum absolute atomic E-state index is 5.65. The average Bonchev–Trinajstić information content (AvgIpc) is 2.89. The van der Waals surface area contributed by atoms with Crippen molar-refractivity contribution in [3.8, 4) is 5.75 Å². The molecule has 0 fully saturated rings. The summed E-state index contributed by atoms with van der Waals surface area (Å²) < 4.78 is 10.5. The van der Waals surface area contributed by atoms with E-state index >= 15 is 0 Å². The summed E-state index contributed by atoms with van der Waals surface area (Å²) >= 11 is 0. The van der Waals surface area contributed by atoms with Crippen molar-refractivity contribution in [2.75, 3.05) is 7.11 Å². The van der Waals surface area contributed by atoms with Crippen molar-refractivity contribution in [1.82, 2.24) is 5.43 Å². The van der Waals surface area contributed by atoms with Gasteiger partial charge in [-0.15, -0.1) is 0 Å². The third kappa shape index (κ3) is 2.72. The molecule has 4 nitrogen and oxygen atoms in total. The number of methoxy groups -OCH3 is 1. The van der Waals surface area contributed by atoms with Crippen LogP contribution in [0.25, 0.3) is 0 Å². The van der Waals surface area contributed by atoms with Gasteiger partial charge in [0.15, 0.2) is 0 Å². The van der Waals surface area contributed by atoms with Gasteiger partial charge < -0.3 is 9.15 Å². The molecule has 96 valence electrons. The second kappa shape index (κ2) is 5.71. The number of benzene rings is 1. The Bertz CT molecular complexity index is 495. The normalized spacial score (nSPS) is 12.4. The van der Waals surface area contributed by atoms with Crippen LogP contribution in [0.15, 0.2) is 41.2 Å². The van der Waals surface area contributed by atoms with Gasteiger partial charge in [0.25, 0.3) is 0 Å². The van der Waals surface area contributed by atoms with Crippen molar-refractivity contribution < 1.29 is 9.15 Å². The Kier molecular flexibility index (Phi) is 4.02. The zero-order valence-corrected chi connectivity index (χ0v) is 10.6. The van der Waals surface area contributed by atoms with Gasteiger partial charge in [-0.1, -0.05) is 12.1 Å². The minimum absolute atomic E-state index is 0.00171. The minimum atomic E-state index is -0.00171. The molecule has 1 aromatic carbocycles. The molecule has 1 heterocycles. The van der Waals surface area contributed by atoms with Crippen LogP contribution in [0.4, 0.5) is 0 Å². The number of nitrogens with two attached hydrogens (primary N) is 1. The van der Waals surface area contributed by atoms with Gasteiger partial charge >= 0.3 is 0 Å². The lowest BCUT2D eigenvalue weighted by atomic mass is 9.99. The molecular weight excluding hydrogens is 228 g/mol. The lowest BCUT2D eigenvalue weighted by Crippen LogP contribution is -2.29. The number of furan rings is 1. The third-order valence-corrected chi connectivity index (χ3v) is 2.99. The van der Waals surface area contributed by atoms with Gasteiger partial charge in [-0.25, -0.2) is 0 Å². The van der Waals surface area contributed by atoms with Crippen LogP contribution in [0.1, 0.15) is 22.7 Å². The van der Waals surface area contributed by atoms with Crippen LogP contribution in [-0.2, 0) is 6.42 Å². The fourth-order valence-corrected chi connectivity index (χ4v) is 2.01. The maximum Gasteiger partial charge on any atom is 0.123 e. The lowest BCUT2D eigenvalue weighted by Gasteiger charge is -2.19. The van der Waals surface area contributed by atoms with E-state index < -0.39 is 0 Å². The first-order chi connectivity index (χ1) is 8.74. The van der Waals surface area contributed by atoms with Crippen LogP contribution in [0.3, 0.4) is 0 Å². The summed E-state index contributed by atoms with van der Waals surface area (Å²) in [6, 6.07) is 8.04. The molecule has 0 aliphatic rings. The highest BCUT2D eigenvalue weighted by Gasteiger charge is 2.16. The van der Waals surface area contributed by atoms with Crippen LogP contribution in [-0.4, -0.2) is 7.11 Å². The predicted molar refractivity (Wildman–Crippen MR) is 70.2 cm³/mol. The van der Waals surface area contributed by atoms with Crippen molar-refractivity contribution in [2.24, 2.45) is 5.84 Å². The quantitative estimate of drug-likeness (QED) is 0.628. The molecule has 0 saturated heterocycles. The molecule has 0 aliphatic carbocycles. The molecule has 0 aliphatic heterocycles. The highest BCUT2D eigenvalue weighted by Crippen LogP contribution is 2.28. The molecule has 1 unspecified atom stereocenters. The summed E-state index contributed by atoms with van der Waals surface area (Å²) in [4.78, 5) is 0. The van der Waals surface area contributed by atoms with E-state index in [2.05, 4.69) is 11.5 Å². The summed E-state index contributed by atoms with van der Waals surface area (Å²) in [5, 5.41) is 0. The van der Waals surface area contributed by atoms with E-state index in [1.165, 1.54) is 0 Å². The predicted octanol–water partition coefficient (Wildman–Crippen LogP) is 2.34. The SMILES string of the molecule is COc1cc(C)ccc1C(Cc1ccoc1)NN. The monoisotopic (exact) mass is 246 g/mol. The fraction of sp³-hybridized carbons (Fsp3) is 0.286. The maximum atomic E-state index is 5.65. The zero-order valence-electron chi connectivity index (χ0n) is 10.6. The van der Waals surface area contributed by atoms with E-state index in [1.807, 2.05) is 25.1 Å². The number of hydrogen-bond donors (Lipinski definition) is 2. The summed E-state index contributed by atoms with van der Waals surface area (Å²) in [5.41, 5.74) is 6.14. The molecule has 0 amide bonds. The van der Waals surface area contributed by atoms with Crippen molar-refractivity contribution in [2.45, 2.75) is 19.4 Å². The van der Waals surface area contributed by atoms with Crippen molar-refractivity contribution in [1.29, 1.82) is 0 Å². The summed E-state index contributed by atoms with van der Waals surface area (Å²) in [6.45, 7) is 2.03. The van der Waals surface area contributed by atoms with E-state index in [1.54, 1.807) is 19.6 Å². The van der Waals surface area contributed by atoms with Crippen molar-refractivity contribution >= 4 is 0 Å². The molecule has 2 rings (SSSR count). The van der Waals surface area contributed by atoms with Gasteiger partial charge in [-0.2, -0.15) is 0 Å². The molecule has 18 heavy (non-hydrogen) atoms. The third-order valence-electron chi connectivity index (χ3n) is 2.99. The number of ether oxygens (including phenoxy) is 1. The van der Waals surface area contributed by atoms with Gasteiger partial charge in [0.05, 0.1) is 25.7 Å². The molecule has 0 saturated carbocycles. The number of rotatable bonds is 5. The Hall–Kier alpha value is -1.78. The van der Waals surface area contributed by atoms with Crippen LogP contribution in [0.5, 0.6) is 5.75 Å². The molecular formula is C14H18N2O2. The number of aryl methyl sites for hydroxylation is 1. The molecule has 0 spiro atoms. The Balaban J connectivity index is 2.26. The van der Waals surface area contributed by atoms with E-state index in [4.69, 9.17) is 15.0 Å². The molecule has 2 aromatic rings. The van der Waals surface area contributed by atoms with Crippen molar-refractivity contribution in [3.63, 3.8) is 0 Å². The smallest absolute Gasteiger partial charge is 0.123 e. The molecule has 1 atom stereocenters. The summed E-state index contributed by atoms with van der Waals surface area (Å²) in [7, 11) is 1.67. The van der Waals surface area contributed by atoms with Crippen LogP contribution in [0.2, 0.25) is 0 Å². The van der Waals surface area contributed by atoms with E-state index in [-0.39, 0.29) is 6.04 Å². The molecule has 3 N–H and O–H groups in total. The second-order valence-corrected chi connectivity index (χ2v) is 4.30. The number of hydrazine groups is 1. The van der Waals surface area contributed by atoms with Crippen molar-refractivity contribution in [3.05, 3.63) is 53.5 Å². The summed E-state index contributed by atoms with van der Waals surface area (Å²) in [6.07, 6.45) is 4.15. The lowest BCUT2D eigenvalue weighted by molar-refractivity contribution is 0.398. The van der Waals surface area contributed by atoms with E-state index in [0.717, 1.165) is 28.9 Å². The Labute approximate surface area is 107 Å². The van der Waals surface area contributed by atoms with Crippen LogP contribution < -0.4 is 16.0 Å². The van der Waals surface area contributed by atoms with Gasteiger partial charge in [0.2, 0.25) is 0 Å². The van der Waals surface area contributed by atoms with E-state index in [9.17, 15) is 0 Å². The minimum Gasteiger partial charge on any atom is -0.496 e. The number of hydrogen-bond acceptors (Lipinski definition) is 4. The molecule has 0 radical (unpaired) electrons. The Morgan fingerprint density at radius 3 is 2.83 bits per heavy atom. The first-order valence-corrected chi connectivity index (χ1v) is 5.86. The zero-order chi connectivity index (χ0) is 13.0. The topological polar surface area (TPSA) is 60.4 Å². The molecule has 4 heteroatoms. The highest BCUT2D eigenvalue weighted by atomic mass is 16.5. The first kappa shape index (κ1) is 12.7.